The molecule has 5 heteroatoms. The largest absolute Gasteiger partial charge is 0.356 e. The first-order valence-electron chi connectivity index (χ1n) is 10.2. The van der Waals surface area contributed by atoms with E-state index in [1.165, 1.54) is 11.1 Å². The molecule has 0 amide bonds. The predicted molar refractivity (Wildman–Crippen MR) is 110 cm³/mol. The zero-order valence-electron chi connectivity index (χ0n) is 16.7. The van der Waals surface area contributed by atoms with Crippen molar-refractivity contribution >= 4 is 5.82 Å². The normalized spacial score (nSPS) is 23.1. The monoisotopic (exact) mass is 365 g/mol. The lowest BCUT2D eigenvalue weighted by Crippen LogP contribution is -2.48. The Labute approximate surface area is 162 Å². The van der Waals surface area contributed by atoms with Crippen molar-refractivity contribution in [1.29, 1.82) is 0 Å². The van der Waals surface area contributed by atoms with Gasteiger partial charge in [-0.05, 0) is 37.3 Å². The van der Waals surface area contributed by atoms with Gasteiger partial charge < -0.3 is 16.0 Å². The molecule has 1 aromatic heterocycles. The molecular formula is C22H31N5. The van der Waals surface area contributed by atoms with Gasteiger partial charge in [0.25, 0.3) is 0 Å². The van der Waals surface area contributed by atoms with Crippen LogP contribution in [0.4, 0.5) is 5.82 Å². The summed E-state index contributed by atoms with van der Waals surface area (Å²) in [7, 11) is 0. The first-order chi connectivity index (χ1) is 13.0. The molecule has 144 valence electrons. The minimum absolute atomic E-state index is 0.109. The average molecular weight is 366 g/mol. The highest BCUT2D eigenvalue weighted by Gasteiger charge is 2.32. The molecule has 27 heavy (non-hydrogen) atoms. The van der Waals surface area contributed by atoms with Gasteiger partial charge in [-0.15, -0.1) is 0 Å². The third kappa shape index (κ3) is 3.85. The molecule has 2 atom stereocenters. The molecule has 2 heterocycles. The lowest BCUT2D eigenvalue weighted by molar-refractivity contribution is 0.346. The van der Waals surface area contributed by atoms with Gasteiger partial charge in [-0.1, -0.05) is 38.1 Å². The molecule has 5 nitrogen and oxygen atoms in total. The Hall–Kier alpha value is -1.98. The summed E-state index contributed by atoms with van der Waals surface area (Å²) in [6.07, 6.45) is 3.29. The summed E-state index contributed by atoms with van der Waals surface area (Å²) in [4.78, 5) is 11.8. The molecule has 1 aliphatic carbocycles. The van der Waals surface area contributed by atoms with E-state index in [9.17, 15) is 0 Å². The summed E-state index contributed by atoms with van der Waals surface area (Å²) in [6.45, 7) is 8.42. The Balaban J connectivity index is 1.36. The van der Waals surface area contributed by atoms with Gasteiger partial charge in [0.15, 0.2) is 0 Å². The second-order valence-electron chi connectivity index (χ2n) is 8.34. The lowest BCUT2D eigenvalue weighted by Gasteiger charge is -2.35. The number of hydrogen-bond donors (Lipinski definition) is 2. The van der Waals surface area contributed by atoms with Crippen LogP contribution >= 0.6 is 0 Å². The Morgan fingerprint density at radius 1 is 1.15 bits per heavy atom. The smallest absolute Gasteiger partial charge is 0.133 e. The molecule has 0 radical (unpaired) electrons. The fourth-order valence-corrected chi connectivity index (χ4v) is 4.36. The molecular weight excluding hydrogens is 334 g/mol. The van der Waals surface area contributed by atoms with E-state index in [-0.39, 0.29) is 6.04 Å². The van der Waals surface area contributed by atoms with E-state index in [2.05, 4.69) is 66.3 Å². The molecule has 0 unspecified atom stereocenters. The summed E-state index contributed by atoms with van der Waals surface area (Å²) in [6, 6.07) is 11.7. The molecule has 0 saturated carbocycles. The molecule has 0 bridgehead atoms. The second-order valence-corrected chi connectivity index (χ2v) is 8.34. The molecule has 2 aromatic rings. The van der Waals surface area contributed by atoms with Crippen molar-refractivity contribution in [2.75, 3.05) is 18.0 Å². The number of fused-ring (bicyclic) bond motifs is 1. The van der Waals surface area contributed by atoms with Gasteiger partial charge in [0, 0.05) is 48.9 Å². The van der Waals surface area contributed by atoms with Crippen LogP contribution in [0.25, 0.3) is 0 Å². The van der Waals surface area contributed by atoms with Crippen LogP contribution in [0.5, 0.6) is 0 Å². The number of aromatic nitrogens is 2. The van der Waals surface area contributed by atoms with E-state index in [0.717, 1.165) is 49.7 Å². The Morgan fingerprint density at radius 3 is 2.59 bits per heavy atom. The number of piperidine rings is 1. The fourth-order valence-electron chi connectivity index (χ4n) is 4.36. The summed E-state index contributed by atoms with van der Waals surface area (Å²) in [5, 5.41) is 3.84. The van der Waals surface area contributed by atoms with E-state index in [1.807, 2.05) is 0 Å². The number of hydrogen-bond acceptors (Lipinski definition) is 5. The maximum absolute atomic E-state index is 6.50. The first kappa shape index (κ1) is 18.4. The number of nitrogens with zero attached hydrogens (tertiary/aromatic N) is 3. The number of nitrogens with one attached hydrogen (secondary N) is 1. The molecule has 1 aliphatic heterocycles. The van der Waals surface area contributed by atoms with Gasteiger partial charge in [0.1, 0.15) is 11.6 Å². The SMILES string of the molecule is Cc1cc(N2CCC(N[C@H]3Cc4ccccc4[C@@H]3N)CC2)nc(C(C)C)n1. The maximum atomic E-state index is 6.50. The van der Waals surface area contributed by atoms with Crippen LogP contribution < -0.4 is 16.0 Å². The van der Waals surface area contributed by atoms with Crippen molar-refractivity contribution in [3.8, 4) is 0 Å². The van der Waals surface area contributed by atoms with Crippen LogP contribution in [-0.2, 0) is 6.42 Å². The zero-order valence-corrected chi connectivity index (χ0v) is 16.7. The highest BCUT2D eigenvalue weighted by Crippen LogP contribution is 2.30. The van der Waals surface area contributed by atoms with Crippen LogP contribution in [0.2, 0.25) is 0 Å². The van der Waals surface area contributed by atoms with Crippen molar-refractivity contribution < 1.29 is 0 Å². The average Bonchev–Trinajstić information content (AvgIpc) is 2.98. The molecule has 4 rings (SSSR count). The first-order valence-corrected chi connectivity index (χ1v) is 10.2. The van der Waals surface area contributed by atoms with E-state index in [4.69, 9.17) is 10.7 Å². The van der Waals surface area contributed by atoms with Crippen molar-refractivity contribution in [2.45, 2.75) is 64.1 Å². The number of anilines is 1. The Bertz CT molecular complexity index is 795. The molecule has 2 aliphatic rings. The van der Waals surface area contributed by atoms with Gasteiger partial charge >= 0.3 is 0 Å². The lowest BCUT2D eigenvalue weighted by atomic mass is 10.0. The number of benzene rings is 1. The third-order valence-corrected chi connectivity index (χ3v) is 5.93. The van der Waals surface area contributed by atoms with Gasteiger partial charge in [-0.3, -0.25) is 0 Å². The van der Waals surface area contributed by atoms with Gasteiger partial charge in [0.2, 0.25) is 0 Å². The minimum atomic E-state index is 0.109. The van der Waals surface area contributed by atoms with Crippen LogP contribution in [0.1, 0.15) is 61.3 Å². The number of aryl methyl sites for hydroxylation is 1. The molecule has 1 saturated heterocycles. The second kappa shape index (κ2) is 7.56. The van der Waals surface area contributed by atoms with E-state index in [0.29, 0.717) is 18.0 Å². The van der Waals surface area contributed by atoms with Gasteiger partial charge in [-0.2, -0.15) is 0 Å². The van der Waals surface area contributed by atoms with Gasteiger partial charge in [0.05, 0.1) is 0 Å². The summed E-state index contributed by atoms with van der Waals surface area (Å²) in [5.74, 6) is 2.38. The summed E-state index contributed by atoms with van der Waals surface area (Å²) in [5.41, 5.74) is 10.3. The van der Waals surface area contributed by atoms with Crippen LogP contribution in [0.3, 0.4) is 0 Å². The highest BCUT2D eigenvalue weighted by molar-refractivity contribution is 5.41. The minimum Gasteiger partial charge on any atom is -0.356 e. The summed E-state index contributed by atoms with van der Waals surface area (Å²) >= 11 is 0. The summed E-state index contributed by atoms with van der Waals surface area (Å²) < 4.78 is 0. The Kier molecular flexibility index (Phi) is 5.15. The fraction of sp³-hybridized carbons (Fsp3) is 0.545. The van der Waals surface area contributed by atoms with Crippen molar-refractivity contribution in [3.63, 3.8) is 0 Å². The molecule has 0 spiro atoms. The van der Waals surface area contributed by atoms with E-state index in [1.54, 1.807) is 0 Å². The maximum Gasteiger partial charge on any atom is 0.133 e. The van der Waals surface area contributed by atoms with Crippen LogP contribution in [-0.4, -0.2) is 35.1 Å². The predicted octanol–water partition coefficient (Wildman–Crippen LogP) is 3.09. The topological polar surface area (TPSA) is 67.1 Å². The van der Waals surface area contributed by atoms with E-state index >= 15 is 0 Å². The van der Waals surface area contributed by atoms with Crippen molar-refractivity contribution in [2.24, 2.45) is 5.73 Å². The molecule has 1 aromatic carbocycles. The number of rotatable bonds is 4. The molecule has 3 N–H and O–H groups in total. The van der Waals surface area contributed by atoms with Crippen molar-refractivity contribution in [3.05, 3.63) is 53.0 Å². The van der Waals surface area contributed by atoms with E-state index < -0.39 is 0 Å². The van der Waals surface area contributed by atoms with Crippen LogP contribution in [0, 0.1) is 6.92 Å². The third-order valence-electron chi connectivity index (χ3n) is 5.93. The highest BCUT2D eigenvalue weighted by atomic mass is 15.2. The van der Waals surface area contributed by atoms with Crippen LogP contribution in [0.15, 0.2) is 30.3 Å². The standard InChI is InChI=1S/C22H31N5/c1-14(2)22-24-15(3)12-20(26-22)27-10-8-17(9-11-27)25-19-13-16-6-4-5-7-18(16)21(19)23/h4-7,12,14,17,19,21,25H,8-11,13,23H2,1-3H3/t19-,21-/m0/s1. The Morgan fingerprint density at radius 2 is 1.89 bits per heavy atom. The zero-order chi connectivity index (χ0) is 19.0. The number of nitrogens with two attached hydrogens (primary N) is 1. The quantitative estimate of drug-likeness (QED) is 0.871. The van der Waals surface area contributed by atoms with Crippen molar-refractivity contribution in [1.82, 2.24) is 15.3 Å². The van der Waals surface area contributed by atoms with Gasteiger partial charge in [-0.25, -0.2) is 9.97 Å². The molecule has 1 fully saturated rings.